The Morgan fingerprint density at radius 3 is 2.57 bits per heavy atom. The monoisotopic (exact) mass is 431 g/mol. The van der Waals surface area contributed by atoms with Gasteiger partial charge in [0.2, 0.25) is 0 Å². The average molecular weight is 433 g/mol. The van der Waals surface area contributed by atoms with Gasteiger partial charge in [0.15, 0.2) is 0 Å². The molecule has 0 aliphatic rings. The van der Waals surface area contributed by atoms with Crippen LogP contribution in [0.5, 0.6) is 0 Å². The molecule has 5 heteroatoms. The minimum Gasteiger partial charge on any atom is -0.316 e. The maximum atomic E-state index is 13.1. The number of nitrogens with one attached hydrogen (secondary N) is 1. The summed E-state index contributed by atoms with van der Waals surface area (Å²) in [6.45, 7) is 0. The third-order valence-corrected chi connectivity index (χ3v) is 6.09. The van der Waals surface area contributed by atoms with Gasteiger partial charge in [-0.1, -0.05) is 34.1 Å². The van der Waals surface area contributed by atoms with E-state index in [2.05, 4.69) is 43.2 Å². The highest BCUT2D eigenvalue weighted by molar-refractivity contribution is 9.10. The normalized spacial score (nSPS) is 12.4. The highest BCUT2D eigenvalue weighted by atomic mass is 79.9. The summed E-state index contributed by atoms with van der Waals surface area (Å²) in [5.74, 6) is 0.734. The Balaban J connectivity index is 1.99. The van der Waals surface area contributed by atoms with E-state index in [1.165, 1.54) is 17.0 Å². The van der Waals surface area contributed by atoms with Crippen molar-refractivity contribution in [2.45, 2.75) is 17.4 Å². The second-order valence-corrected chi connectivity index (χ2v) is 7.44. The lowest BCUT2D eigenvalue weighted by Gasteiger charge is -2.17. The highest BCUT2D eigenvalue weighted by Crippen LogP contribution is 2.28. The molecule has 112 valence electrons. The van der Waals surface area contributed by atoms with Gasteiger partial charge in [-0.05, 0) is 59.2 Å². The molecular formula is C16H16Br2FNS. The molecule has 2 aromatic carbocycles. The van der Waals surface area contributed by atoms with Crippen molar-refractivity contribution in [3.63, 3.8) is 0 Å². The predicted octanol–water partition coefficient (Wildman–Crippen LogP) is 5.27. The van der Waals surface area contributed by atoms with E-state index < -0.39 is 0 Å². The Kier molecular flexibility index (Phi) is 6.74. The van der Waals surface area contributed by atoms with Gasteiger partial charge in [-0.15, -0.1) is 11.8 Å². The summed E-state index contributed by atoms with van der Waals surface area (Å²) in [7, 11) is 1.96. The second-order valence-electron chi connectivity index (χ2n) is 4.67. The van der Waals surface area contributed by atoms with Crippen molar-refractivity contribution in [1.29, 1.82) is 0 Å². The predicted molar refractivity (Wildman–Crippen MR) is 95.5 cm³/mol. The second kappa shape index (κ2) is 8.32. The van der Waals surface area contributed by atoms with Gasteiger partial charge in [-0.25, -0.2) is 4.39 Å². The molecule has 1 N–H and O–H groups in total. The molecule has 1 nitrogen and oxygen atoms in total. The van der Waals surface area contributed by atoms with Crippen LogP contribution in [0.25, 0.3) is 0 Å². The zero-order valence-corrected chi connectivity index (χ0v) is 15.6. The Labute approximate surface area is 146 Å². The Morgan fingerprint density at radius 1 is 1.14 bits per heavy atom. The molecule has 0 saturated heterocycles. The van der Waals surface area contributed by atoms with Crippen LogP contribution in [0.2, 0.25) is 0 Å². The van der Waals surface area contributed by atoms with Gasteiger partial charge in [0, 0.05) is 25.6 Å². The summed E-state index contributed by atoms with van der Waals surface area (Å²) < 4.78 is 15.1. The Morgan fingerprint density at radius 2 is 1.90 bits per heavy atom. The van der Waals surface area contributed by atoms with Crippen LogP contribution in [0.4, 0.5) is 4.39 Å². The molecular weight excluding hydrogens is 417 g/mol. The standard InChI is InChI=1S/C16H16Br2FNS/c1-20-13(8-11-6-7-12(19)9-15(11)18)10-21-16-5-3-2-4-14(16)17/h2-7,9,13,20H,8,10H2,1H3. The smallest absolute Gasteiger partial charge is 0.124 e. The number of hydrogen-bond donors (Lipinski definition) is 1. The first-order valence-corrected chi connectivity index (χ1v) is 9.16. The van der Waals surface area contributed by atoms with Gasteiger partial charge in [-0.2, -0.15) is 0 Å². The molecule has 21 heavy (non-hydrogen) atoms. The van der Waals surface area contributed by atoms with Crippen LogP contribution in [-0.4, -0.2) is 18.8 Å². The molecule has 0 aromatic heterocycles. The van der Waals surface area contributed by atoms with Gasteiger partial charge in [0.1, 0.15) is 5.82 Å². The third-order valence-electron chi connectivity index (χ3n) is 3.17. The van der Waals surface area contributed by atoms with Crippen molar-refractivity contribution < 1.29 is 4.39 Å². The number of benzene rings is 2. The van der Waals surface area contributed by atoms with Gasteiger partial charge < -0.3 is 5.32 Å². The van der Waals surface area contributed by atoms with Gasteiger partial charge in [0.25, 0.3) is 0 Å². The highest BCUT2D eigenvalue weighted by Gasteiger charge is 2.11. The van der Waals surface area contributed by atoms with E-state index in [1.54, 1.807) is 0 Å². The van der Waals surface area contributed by atoms with Gasteiger partial charge in [-0.3, -0.25) is 0 Å². The van der Waals surface area contributed by atoms with Crippen LogP contribution in [-0.2, 0) is 6.42 Å². The molecule has 1 unspecified atom stereocenters. The molecule has 0 amide bonds. The quantitative estimate of drug-likeness (QED) is 0.623. The van der Waals surface area contributed by atoms with Crippen molar-refractivity contribution in [1.82, 2.24) is 5.32 Å². The minimum atomic E-state index is -0.214. The van der Waals surface area contributed by atoms with E-state index in [4.69, 9.17) is 0 Å². The number of likely N-dealkylation sites (N-methyl/N-ethyl adjacent to an activating group) is 1. The Hall–Kier alpha value is -0.360. The average Bonchev–Trinajstić information content (AvgIpc) is 2.47. The number of halogens is 3. The topological polar surface area (TPSA) is 12.0 Å². The molecule has 0 bridgehead atoms. The lowest BCUT2D eigenvalue weighted by molar-refractivity contribution is 0.607. The molecule has 2 rings (SSSR count). The number of rotatable bonds is 6. The minimum absolute atomic E-state index is 0.214. The van der Waals surface area contributed by atoms with E-state index in [0.29, 0.717) is 6.04 Å². The van der Waals surface area contributed by atoms with E-state index >= 15 is 0 Å². The molecule has 0 saturated carbocycles. The summed E-state index contributed by atoms with van der Waals surface area (Å²) in [4.78, 5) is 1.23. The maximum Gasteiger partial charge on any atom is 0.124 e. The van der Waals surface area contributed by atoms with Crippen LogP contribution < -0.4 is 5.32 Å². The van der Waals surface area contributed by atoms with Crippen LogP contribution in [0, 0.1) is 5.82 Å². The first-order chi connectivity index (χ1) is 10.1. The largest absolute Gasteiger partial charge is 0.316 e. The van der Waals surface area contributed by atoms with E-state index in [-0.39, 0.29) is 5.82 Å². The van der Waals surface area contributed by atoms with Crippen LogP contribution in [0.1, 0.15) is 5.56 Å². The molecule has 0 heterocycles. The van der Waals surface area contributed by atoms with Crippen LogP contribution >= 0.6 is 43.6 Å². The number of thioether (sulfide) groups is 1. The summed E-state index contributed by atoms with van der Waals surface area (Å²) in [5.41, 5.74) is 1.11. The molecule has 0 spiro atoms. The molecule has 2 aromatic rings. The number of hydrogen-bond acceptors (Lipinski definition) is 2. The van der Waals surface area contributed by atoms with Crippen molar-refractivity contribution in [2.75, 3.05) is 12.8 Å². The fourth-order valence-corrected chi connectivity index (χ4v) is 4.14. The first-order valence-electron chi connectivity index (χ1n) is 6.58. The summed E-state index contributed by atoms with van der Waals surface area (Å²) >= 11 is 8.80. The van der Waals surface area contributed by atoms with Crippen LogP contribution in [0.15, 0.2) is 56.3 Å². The van der Waals surface area contributed by atoms with Gasteiger partial charge >= 0.3 is 0 Å². The zero-order valence-electron chi connectivity index (χ0n) is 11.6. The third kappa shape index (κ3) is 5.09. The maximum absolute atomic E-state index is 13.1. The van der Waals surface area contributed by atoms with Crippen molar-refractivity contribution >= 4 is 43.6 Å². The SMILES string of the molecule is CNC(CSc1ccccc1Br)Cc1ccc(F)cc1Br. The molecule has 0 aliphatic carbocycles. The molecule has 1 atom stereocenters. The van der Waals surface area contributed by atoms with E-state index in [1.807, 2.05) is 43.1 Å². The molecule has 0 aliphatic heterocycles. The Bertz CT molecular complexity index is 607. The van der Waals surface area contributed by atoms with Crippen molar-refractivity contribution in [3.8, 4) is 0 Å². The van der Waals surface area contributed by atoms with E-state index in [9.17, 15) is 4.39 Å². The van der Waals surface area contributed by atoms with Crippen molar-refractivity contribution in [2.24, 2.45) is 0 Å². The molecule has 0 fully saturated rings. The molecule has 0 radical (unpaired) electrons. The van der Waals surface area contributed by atoms with Crippen LogP contribution in [0.3, 0.4) is 0 Å². The zero-order chi connectivity index (χ0) is 15.2. The summed E-state index contributed by atoms with van der Waals surface area (Å²) in [6.07, 6.45) is 0.856. The fourth-order valence-electron chi connectivity index (χ4n) is 1.95. The summed E-state index contributed by atoms with van der Waals surface area (Å²) in [5, 5.41) is 3.33. The fraction of sp³-hybridized carbons (Fsp3) is 0.250. The lowest BCUT2D eigenvalue weighted by atomic mass is 10.1. The lowest BCUT2D eigenvalue weighted by Crippen LogP contribution is -2.30. The van der Waals surface area contributed by atoms with Gasteiger partial charge in [0.05, 0.1) is 0 Å². The first kappa shape index (κ1) is 17.0. The summed E-state index contributed by atoms with van der Waals surface area (Å²) in [6, 6.07) is 13.4. The van der Waals surface area contributed by atoms with Crippen molar-refractivity contribution in [3.05, 3.63) is 62.8 Å². The van der Waals surface area contributed by atoms with E-state index in [0.717, 1.165) is 26.7 Å².